The Morgan fingerprint density at radius 1 is 1.00 bits per heavy atom. The minimum Gasteiger partial charge on any atom is -0.494 e. The molecule has 0 radical (unpaired) electrons. The van der Waals surface area contributed by atoms with E-state index < -0.39 is 0 Å². The number of rotatable bonds is 7. The van der Waals surface area contributed by atoms with Crippen molar-refractivity contribution in [3.63, 3.8) is 0 Å². The van der Waals surface area contributed by atoms with Gasteiger partial charge in [0.1, 0.15) is 5.75 Å². The summed E-state index contributed by atoms with van der Waals surface area (Å²) in [6.45, 7) is 8.06. The highest BCUT2D eigenvalue weighted by Gasteiger charge is 2.26. The van der Waals surface area contributed by atoms with Crippen molar-refractivity contribution in [2.45, 2.75) is 45.1 Å². The molecule has 2 aromatic carbocycles. The maximum atomic E-state index is 12.6. The van der Waals surface area contributed by atoms with E-state index in [0.29, 0.717) is 38.5 Å². The Morgan fingerprint density at radius 3 is 2.19 bits per heavy atom. The summed E-state index contributed by atoms with van der Waals surface area (Å²) in [5.74, 6) is 0.889. The van der Waals surface area contributed by atoms with Crippen LogP contribution in [0.5, 0.6) is 5.75 Å². The van der Waals surface area contributed by atoms with Gasteiger partial charge in [0.2, 0.25) is 0 Å². The minimum atomic E-state index is -0.333. The van der Waals surface area contributed by atoms with E-state index in [-0.39, 0.29) is 30.8 Å². The van der Waals surface area contributed by atoms with E-state index in [1.54, 1.807) is 0 Å². The average molecular weight is 427 g/mol. The molecule has 31 heavy (non-hydrogen) atoms. The van der Waals surface area contributed by atoms with Gasteiger partial charge in [0, 0.05) is 40.0 Å². The molecule has 4 rings (SSSR count). The molecule has 2 saturated heterocycles. The van der Waals surface area contributed by atoms with Crippen LogP contribution in [-0.4, -0.2) is 67.2 Å². The van der Waals surface area contributed by atoms with Gasteiger partial charge in [-0.05, 0) is 68.5 Å². The number of nitrogens with zero attached hydrogens (tertiary/aromatic N) is 2. The van der Waals surface area contributed by atoms with Crippen LogP contribution in [0.15, 0.2) is 48.5 Å². The summed E-state index contributed by atoms with van der Waals surface area (Å²) in [5, 5.41) is 0. The number of hydrogen-bond donors (Lipinski definition) is 0. The van der Waals surface area contributed by atoms with Gasteiger partial charge in [0.15, 0.2) is 0 Å². The molecule has 2 aliphatic heterocycles. The molecule has 4 atom stereocenters. The first kappa shape index (κ1) is 19.3. The van der Waals surface area contributed by atoms with Gasteiger partial charge in [-0.2, -0.15) is 0 Å². The Labute approximate surface area is 188 Å². The largest absolute Gasteiger partial charge is 0.494 e. The molecule has 0 aromatic heterocycles. The third kappa shape index (κ3) is 5.46. The number of amides is 1. The van der Waals surface area contributed by atoms with Gasteiger partial charge < -0.3 is 14.4 Å². The van der Waals surface area contributed by atoms with Gasteiger partial charge in [-0.1, -0.05) is 24.3 Å². The highest BCUT2D eigenvalue weighted by Crippen LogP contribution is 2.25. The van der Waals surface area contributed by atoms with Gasteiger partial charge in [0.05, 0.1) is 19.8 Å². The number of carbonyl (C=O) groups excluding carboxylic acids is 1. The summed E-state index contributed by atoms with van der Waals surface area (Å²) < 4.78 is 27.5. The van der Waals surface area contributed by atoms with Crippen molar-refractivity contribution >= 4 is 5.91 Å². The van der Waals surface area contributed by atoms with Crippen molar-refractivity contribution in [3.8, 4) is 16.9 Å². The van der Waals surface area contributed by atoms with Crippen molar-refractivity contribution in [1.29, 1.82) is 0 Å². The summed E-state index contributed by atoms with van der Waals surface area (Å²) in [6, 6.07) is 16.0. The zero-order chi connectivity index (χ0) is 23.4. The Morgan fingerprint density at radius 2 is 1.58 bits per heavy atom. The molecule has 0 saturated carbocycles. The lowest BCUT2D eigenvalue weighted by Gasteiger charge is -2.26. The fraction of sp³-hybridized carbons (Fsp3) is 0.500. The molecule has 0 aliphatic carbocycles. The zero-order valence-corrected chi connectivity index (χ0v) is 18.5. The average Bonchev–Trinajstić information content (AvgIpc) is 3.05. The number of likely N-dealkylation sites (tertiary alicyclic amines) is 1. The normalized spacial score (nSPS) is 27.6. The number of benzene rings is 2. The predicted octanol–water partition coefficient (Wildman–Crippen LogP) is 4.47. The van der Waals surface area contributed by atoms with Crippen LogP contribution >= 0.6 is 0 Å². The molecule has 2 aliphatic rings. The third-order valence-corrected chi connectivity index (χ3v) is 6.16. The fourth-order valence-electron chi connectivity index (χ4n) is 4.26. The Bertz CT molecular complexity index is 902. The van der Waals surface area contributed by atoms with Crippen LogP contribution in [0, 0.1) is 0 Å². The third-order valence-electron chi connectivity index (χ3n) is 6.16. The van der Waals surface area contributed by atoms with Gasteiger partial charge in [-0.25, -0.2) is 0 Å². The summed E-state index contributed by atoms with van der Waals surface area (Å²) in [4.78, 5) is 16.7. The molecule has 1 amide bonds. The SMILES string of the molecule is [3H]C1C([3H])[C@@H](C)N(CCCOc2ccc(-c3ccc(C(=O)N4CCOCC4)cc3)cc2)[C@@H]1C. The molecule has 2 fully saturated rings. The molecule has 0 bridgehead atoms. The topological polar surface area (TPSA) is 42.0 Å². The van der Waals surface area contributed by atoms with E-state index in [9.17, 15) is 4.79 Å². The van der Waals surface area contributed by atoms with Crippen LogP contribution in [0.25, 0.3) is 11.1 Å². The Hall–Kier alpha value is -2.37. The molecule has 2 unspecified atom stereocenters. The highest BCUT2D eigenvalue weighted by atomic mass is 16.5. The fourth-order valence-corrected chi connectivity index (χ4v) is 4.26. The zero-order valence-electron chi connectivity index (χ0n) is 20.5. The molecular formula is C26H34N2O3. The van der Waals surface area contributed by atoms with E-state index in [2.05, 4.69) is 4.90 Å². The summed E-state index contributed by atoms with van der Waals surface area (Å²) in [7, 11) is 0. The minimum absolute atomic E-state index is 0.0582. The maximum Gasteiger partial charge on any atom is 0.254 e. The first-order chi connectivity index (χ1) is 16.0. The van der Waals surface area contributed by atoms with Crippen LogP contribution in [-0.2, 0) is 4.74 Å². The summed E-state index contributed by atoms with van der Waals surface area (Å²) in [5.41, 5.74) is 2.85. The van der Waals surface area contributed by atoms with Crippen molar-refractivity contribution in [2.24, 2.45) is 0 Å². The van der Waals surface area contributed by atoms with Crippen LogP contribution in [0.1, 0.15) is 46.2 Å². The Balaban J connectivity index is 1.26. The molecule has 0 N–H and O–H groups in total. The second-order valence-corrected chi connectivity index (χ2v) is 8.31. The molecule has 5 nitrogen and oxygen atoms in total. The molecule has 2 aromatic rings. The molecule has 2 heterocycles. The van der Waals surface area contributed by atoms with Crippen LogP contribution < -0.4 is 4.74 Å². The van der Waals surface area contributed by atoms with Gasteiger partial charge in [0.25, 0.3) is 5.91 Å². The quantitative estimate of drug-likeness (QED) is 0.613. The summed E-state index contributed by atoms with van der Waals surface area (Å²) in [6.07, 6.45) is 0.203. The van der Waals surface area contributed by atoms with E-state index in [1.165, 1.54) is 0 Å². The standard InChI is InChI=1S/C26H34N2O3/c1-20-4-5-21(2)28(20)14-3-17-31-25-12-10-23(11-13-25)22-6-8-24(9-7-22)26(29)27-15-18-30-19-16-27/h6-13,20-21H,3-5,14-19H2,1-2H3/t20-,21-/m1/s1/i4T,5T/t4?,5?,20-,21-. The van der Waals surface area contributed by atoms with E-state index in [0.717, 1.165) is 29.8 Å². The number of hydrogen-bond acceptors (Lipinski definition) is 4. The van der Waals surface area contributed by atoms with Gasteiger partial charge in [-0.3, -0.25) is 9.69 Å². The van der Waals surface area contributed by atoms with Crippen molar-refractivity contribution in [1.82, 2.24) is 9.80 Å². The number of carbonyl (C=O) groups is 1. The number of morpholine rings is 1. The van der Waals surface area contributed by atoms with Gasteiger partial charge >= 0.3 is 0 Å². The monoisotopic (exact) mass is 426 g/mol. The second kappa shape index (κ2) is 10.3. The Kier molecular flexibility index (Phi) is 6.42. The lowest BCUT2D eigenvalue weighted by molar-refractivity contribution is 0.0303. The summed E-state index contributed by atoms with van der Waals surface area (Å²) >= 11 is 0. The lowest BCUT2D eigenvalue weighted by Crippen LogP contribution is -2.40. The van der Waals surface area contributed by atoms with Crippen molar-refractivity contribution in [3.05, 3.63) is 54.1 Å². The second-order valence-electron chi connectivity index (χ2n) is 8.31. The first-order valence-electron chi connectivity index (χ1n) is 12.4. The first-order valence-corrected chi connectivity index (χ1v) is 11.3. The van der Waals surface area contributed by atoms with E-state index in [1.807, 2.05) is 67.3 Å². The van der Waals surface area contributed by atoms with E-state index >= 15 is 0 Å². The van der Waals surface area contributed by atoms with Crippen LogP contribution in [0.3, 0.4) is 0 Å². The predicted molar refractivity (Wildman–Crippen MR) is 124 cm³/mol. The molecular weight excluding hydrogens is 388 g/mol. The van der Waals surface area contributed by atoms with Crippen LogP contribution in [0.2, 0.25) is 0 Å². The smallest absolute Gasteiger partial charge is 0.254 e. The number of ether oxygens (including phenoxy) is 2. The molecule has 0 spiro atoms. The van der Waals surface area contributed by atoms with Crippen molar-refractivity contribution in [2.75, 3.05) is 39.5 Å². The molecule has 166 valence electrons. The molecule has 5 heteroatoms. The highest BCUT2D eigenvalue weighted by molar-refractivity contribution is 5.94. The van der Waals surface area contributed by atoms with Crippen molar-refractivity contribution < 1.29 is 17.0 Å². The van der Waals surface area contributed by atoms with Gasteiger partial charge in [-0.15, -0.1) is 0 Å². The van der Waals surface area contributed by atoms with E-state index in [4.69, 9.17) is 12.2 Å². The lowest BCUT2D eigenvalue weighted by atomic mass is 10.0. The maximum absolute atomic E-state index is 12.6. The van der Waals surface area contributed by atoms with Crippen LogP contribution in [0.4, 0.5) is 0 Å².